The highest BCUT2D eigenvalue weighted by Gasteiger charge is 2.54. The van der Waals surface area contributed by atoms with Crippen molar-refractivity contribution < 1.29 is 20.1 Å². The van der Waals surface area contributed by atoms with Crippen molar-refractivity contribution in [2.45, 2.75) is 115 Å². The van der Waals surface area contributed by atoms with Crippen LogP contribution in [0.25, 0.3) is 0 Å². The Hall–Kier alpha value is -0.910. The average molecular weight is 408 g/mol. The van der Waals surface area contributed by atoms with Crippen LogP contribution in [0, 0.1) is 17.8 Å². The van der Waals surface area contributed by atoms with Gasteiger partial charge < -0.3 is 15.3 Å². The van der Waals surface area contributed by atoms with Crippen LogP contribution in [0.1, 0.15) is 84.5 Å². The molecular weight excluding hydrogens is 366 g/mol. The Kier molecular flexibility index (Phi) is 8.17. The fourth-order valence-corrected chi connectivity index (χ4v) is 6.30. The van der Waals surface area contributed by atoms with Gasteiger partial charge >= 0.3 is 5.97 Å². The number of hydrogen-bond acceptors (Lipinski definition) is 4. The van der Waals surface area contributed by atoms with Crippen LogP contribution in [0.15, 0.2) is 12.2 Å². The second-order valence-corrected chi connectivity index (χ2v) is 9.69. The summed E-state index contributed by atoms with van der Waals surface area (Å²) < 4.78 is 0. The minimum atomic E-state index is -0.715. The highest BCUT2D eigenvalue weighted by atomic mass is 16.4. The first kappa shape index (κ1) is 22.8. The second kappa shape index (κ2) is 10.4. The molecule has 0 bridgehead atoms. The van der Waals surface area contributed by atoms with Crippen molar-refractivity contribution in [2.24, 2.45) is 17.8 Å². The predicted octanol–water partition coefficient (Wildman–Crippen LogP) is 3.98. The molecule has 5 nitrogen and oxygen atoms in total. The fraction of sp³-hybridized carbons (Fsp3) is 0.875. The largest absolute Gasteiger partial charge is 0.480 e. The van der Waals surface area contributed by atoms with Crippen LogP contribution in [0.5, 0.6) is 0 Å². The molecule has 5 heteroatoms. The van der Waals surface area contributed by atoms with Crippen molar-refractivity contribution in [1.29, 1.82) is 0 Å². The van der Waals surface area contributed by atoms with Gasteiger partial charge in [0.15, 0.2) is 0 Å². The predicted molar refractivity (Wildman–Crippen MR) is 115 cm³/mol. The summed E-state index contributed by atoms with van der Waals surface area (Å²) in [5.74, 6) is 0.187. The highest BCUT2D eigenvalue weighted by Crippen LogP contribution is 2.49. The van der Waals surface area contributed by atoms with Crippen LogP contribution < -0.4 is 0 Å². The number of carboxylic acid groups (broad SMARTS) is 1. The van der Waals surface area contributed by atoms with Crippen molar-refractivity contribution in [2.75, 3.05) is 0 Å². The third-order valence-corrected chi connectivity index (χ3v) is 7.85. The van der Waals surface area contributed by atoms with E-state index < -0.39 is 24.2 Å². The van der Waals surface area contributed by atoms with E-state index in [0.717, 1.165) is 38.5 Å². The Bertz CT molecular complexity index is 565. The van der Waals surface area contributed by atoms with Crippen LogP contribution >= 0.6 is 0 Å². The molecule has 3 rings (SSSR count). The van der Waals surface area contributed by atoms with E-state index in [0.29, 0.717) is 24.3 Å². The van der Waals surface area contributed by atoms with Crippen LogP contribution in [0.3, 0.4) is 0 Å². The summed E-state index contributed by atoms with van der Waals surface area (Å²) in [6.45, 7) is 4.42. The zero-order valence-electron chi connectivity index (χ0n) is 18.2. The van der Waals surface area contributed by atoms with Gasteiger partial charge in [-0.2, -0.15) is 0 Å². The van der Waals surface area contributed by atoms with E-state index >= 15 is 0 Å². The van der Waals surface area contributed by atoms with E-state index in [1.54, 1.807) is 0 Å². The normalized spacial score (nSPS) is 36.8. The van der Waals surface area contributed by atoms with Crippen LogP contribution in [0.4, 0.5) is 0 Å². The van der Waals surface area contributed by atoms with Gasteiger partial charge in [0.05, 0.1) is 12.2 Å². The van der Waals surface area contributed by atoms with Gasteiger partial charge in [-0.25, -0.2) is 0 Å². The molecule has 29 heavy (non-hydrogen) atoms. The molecule has 0 amide bonds. The molecule has 1 aliphatic carbocycles. The lowest BCUT2D eigenvalue weighted by molar-refractivity contribution is -0.146. The van der Waals surface area contributed by atoms with Crippen molar-refractivity contribution in [3.8, 4) is 0 Å². The highest BCUT2D eigenvalue weighted by molar-refractivity contribution is 5.73. The number of carboxylic acids is 1. The lowest BCUT2D eigenvalue weighted by Gasteiger charge is -2.38. The molecule has 8 atom stereocenters. The first-order valence-corrected chi connectivity index (χ1v) is 12.0. The van der Waals surface area contributed by atoms with Crippen LogP contribution in [-0.2, 0) is 4.79 Å². The molecule has 3 N–H and O–H groups in total. The van der Waals surface area contributed by atoms with Gasteiger partial charge in [-0.1, -0.05) is 58.1 Å². The monoisotopic (exact) mass is 407 g/mol. The number of nitrogens with zero attached hydrogens (tertiary/aromatic N) is 1. The minimum absolute atomic E-state index is 0.0369. The zero-order chi connectivity index (χ0) is 21.0. The molecule has 2 saturated heterocycles. The molecule has 0 aromatic carbocycles. The maximum absolute atomic E-state index is 11.7. The average Bonchev–Trinajstić information content (AvgIpc) is 3.20. The number of carbonyl (C=O) groups is 1. The molecule has 2 heterocycles. The maximum atomic E-state index is 11.7. The molecule has 166 valence electrons. The smallest absolute Gasteiger partial charge is 0.320 e. The zero-order valence-corrected chi connectivity index (χ0v) is 18.2. The third kappa shape index (κ3) is 5.23. The topological polar surface area (TPSA) is 81.0 Å². The van der Waals surface area contributed by atoms with Crippen LogP contribution in [0.2, 0.25) is 0 Å². The summed E-state index contributed by atoms with van der Waals surface area (Å²) in [5, 5.41) is 30.9. The number of aliphatic hydroxyl groups excluding tert-OH is 2. The van der Waals surface area contributed by atoms with E-state index in [-0.39, 0.29) is 12.0 Å². The summed E-state index contributed by atoms with van der Waals surface area (Å²) in [7, 11) is 0. The maximum Gasteiger partial charge on any atom is 0.320 e. The molecule has 2 aliphatic heterocycles. The Labute approximate surface area is 176 Å². The van der Waals surface area contributed by atoms with Gasteiger partial charge in [0.1, 0.15) is 6.04 Å². The molecule has 1 saturated carbocycles. The van der Waals surface area contributed by atoms with Crippen molar-refractivity contribution >= 4 is 5.97 Å². The number of aliphatic carboxylic acids is 1. The SMILES string of the molecule is CCCCCC(CC)C[C@@H](O)/C=C/[C@@H]1[C@H]2CC3CCCC(C(=O)O)N3[C@@H]2C[C@H]1O. The van der Waals surface area contributed by atoms with E-state index in [1.807, 2.05) is 12.2 Å². The molecule has 3 unspecified atom stereocenters. The summed E-state index contributed by atoms with van der Waals surface area (Å²) in [5.41, 5.74) is 0. The Morgan fingerprint density at radius 2 is 2.00 bits per heavy atom. The van der Waals surface area contributed by atoms with Gasteiger partial charge in [0.25, 0.3) is 0 Å². The lowest BCUT2D eigenvalue weighted by atomic mass is 9.87. The quantitative estimate of drug-likeness (QED) is 0.377. The molecule has 0 aromatic rings. The lowest BCUT2D eigenvalue weighted by Crippen LogP contribution is -2.51. The summed E-state index contributed by atoms with van der Waals surface area (Å²) >= 11 is 0. The van der Waals surface area contributed by atoms with Crippen molar-refractivity contribution in [3.05, 3.63) is 12.2 Å². The van der Waals surface area contributed by atoms with E-state index in [1.165, 1.54) is 25.7 Å². The van der Waals surface area contributed by atoms with E-state index in [9.17, 15) is 20.1 Å². The molecule has 0 spiro atoms. The van der Waals surface area contributed by atoms with Crippen LogP contribution in [-0.4, -0.2) is 56.5 Å². The first-order valence-electron chi connectivity index (χ1n) is 12.0. The number of piperidine rings is 1. The number of rotatable bonds is 10. The fourth-order valence-electron chi connectivity index (χ4n) is 6.30. The summed E-state index contributed by atoms with van der Waals surface area (Å²) in [6.07, 6.45) is 14.3. The number of fused-ring (bicyclic) bond motifs is 3. The molecule has 0 radical (unpaired) electrons. The molecule has 3 fully saturated rings. The Morgan fingerprint density at radius 1 is 1.21 bits per heavy atom. The van der Waals surface area contributed by atoms with E-state index in [2.05, 4.69) is 18.7 Å². The van der Waals surface area contributed by atoms with Crippen molar-refractivity contribution in [1.82, 2.24) is 4.90 Å². The molecular formula is C24H41NO4. The summed E-state index contributed by atoms with van der Waals surface area (Å²) in [4.78, 5) is 14.0. The molecule has 0 aromatic heterocycles. The summed E-state index contributed by atoms with van der Waals surface area (Å²) in [6, 6.07) is 0.120. The van der Waals surface area contributed by atoms with Crippen molar-refractivity contribution in [3.63, 3.8) is 0 Å². The molecule has 3 aliphatic rings. The second-order valence-electron chi connectivity index (χ2n) is 9.69. The number of aliphatic hydroxyl groups is 2. The van der Waals surface area contributed by atoms with Gasteiger partial charge in [0, 0.05) is 18.0 Å². The Balaban J connectivity index is 1.59. The standard InChI is InChI=1S/C24H41NO4/c1-3-5-6-8-16(4-2)13-18(26)11-12-19-20-14-17-9-7-10-21(24(28)29)25(17)22(20)15-23(19)27/h11-12,16-23,26-27H,3-10,13-15H2,1-2H3,(H,28,29)/b12-11+/t16?,17?,18-,19+,20+,21?,22+,23+/m0/s1. The minimum Gasteiger partial charge on any atom is -0.480 e. The Morgan fingerprint density at radius 3 is 2.69 bits per heavy atom. The van der Waals surface area contributed by atoms with Gasteiger partial charge in [-0.3, -0.25) is 9.69 Å². The van der Waals surface area contributed by atoms with Gasteiger partial charge in [-0.05, 0) is 50.4 Å². The number of hydrogen-bond donors (Lipinski definition) is 3. The number of unbranched alkanes of at least 4 members (excludes halogenated alkanes) is 2. The van der Waals surface area contributed by atoms with E-state index in [4.69, 9.17) is 0 Å². The first-order chi connectivity index (χ1) is 14.0. The third-order valence-electron chi connectivity index (χ3n) is 7.85. The van der Waals surface area contributed by atoms with Gasteiger partial charge in [0.2, 0.25) is 0 Å². The van der Waals surface area contributed by atoms with Gasteiger partial charge in [-0.15, -0.1) is 0 Å².